The predicted octanol–water partition coefficient (Wildman–Crippen LogP) is 2.77. The lowest BCUT2D eigenvalue weighted by molar-refractivity contribution is 0.120. The van der Waals surface area contributed by atoms with Gasteiger partial charge in [-0.05, 0) is 37.0 Å². The highest BCUT2D eigenvalue weighted by Crippen LogP contribution is 2.13. The molecule has 2 heterocycles. The summed E-state index contributed by atoms with van der Waals surface area (Å²) < 4.78 is 5.58. The Bertz CT molecular complexity index is 633. The zero-order chi connectivity index (χ0) is 15.9. The highest BCUT2D eigenvalue weighted by atomic mass is 35.5. The molecule has 1 fully saturated rings. The molecule has 0 spiro atoms. The van der Waals surface area contributed by atoms with E-state index in [2.05, 4.69) is 25.8 Å². The van der Waals surface area contributed by atoms with E-state index in [0.29, 0.717) is 11.8 Å². The molecule has 7 heteroatoms. The molecule has 0 saturated carbocycles. The zero-order valence-electron chi connectivity index (χ0n) is 12.8. The van der Waals surface area contributed by atoms with Crippen molar-refractivity contribution >= 4 is 23.4 Å². The molecule has 0 bridgehead atoms. The smallest absolute Gasteiger partial charge is 0.244 e. The number of benzene rings is 1. The number of rotatable bonds is 7. The number of nitrogens with zero attached hydrogens (tertiary/aromatic N) is 3. The summed E-state index contributed by atoms with van der Waals surface area (Å²) in [6.45, 7) is 2.32. The Labute approximate surface area is 140 Å². The van der Waals surface area contributed by atoms with Crippen LogP contribution in [0.3, 0.4) is 0 Å². The van der Waals surface area contributed by atoms with Crippen LogP contribution in [0.2, 0.25) is 5.02 Å². The number of ether oxygens (including phenoxy) is 1. The van der Waals surface area contributed by atoms with Crippen molar-refractivity contribution in [3.63, 3.8) is 0 Å². The fourth-order valence-corrected chi connectivity index (χ4v) is 2.71. The second-order valence-corrected chi connectivity index (χ2v) is 5.92. The van der Waals surface area contributed by atoms with Crippen LogP contribution < -0.4 is 10.6 Å². The molecule has 0 amide bonds. The Morgan fingerprint density at radius 1 is 1.30 bits per heavy atom. The minimum Gasteiger partial charge on any atom is -0.376 e. The fraction of sp³-hybridized carbons (Fsp3) is 0.438. The third kappa shape index (κ3) is 5.04. The second-order valence-electron chi connectivity index (χ2n) is 5.49. The van der Waals surface area contributed by atoms with Crippen molar-refractivity contribution in [3.8, 4) is 0 Å². The maximum Gasteiger partial charge on any atom is 0.244 e. The summed E-state index contributed by atoms with van der Waals surface area (Å²) in [7, 11) is 0. The van der Waals surface area contributed by atoms with E-state index < -0.39 is 0 Å². The van der Waals surface area contributed by atoms with E-state index in [4.69, 9.17) is 16.3 Å². The Morgan fingerprint density at radius 3 is 3.09 bits per heavy atom. The number of nitrogens with one attached hydrogen (secondary N) is 2. The van der Waals surface area contributed by atoms with Gasteiger partial charge in [0.25, 0.3) is 0 Å². The Hall–Kier alpha value is -1.92. The molecule has 2 aromatic rings. The summed E-state index contributed by atoms with van der Waals surface area (Å²) in [5.74, 6) is 1.23. The van der Waals surface area contributed by atoms with E-state index >= 15 is 0 Å². The first kappa shape index (κ1) is 16.0. The molecule has 122 valence electrons. The molecule has 1 aromatic carbocycles. The van der Waals surface area contributed by atoms with Crippen LogP contribution in [0, 0.1) is 0 Å². The molecule has 6 nitrogen and oxygen atoms in total. The molecule has 0 radical (unpaired) electrons. The molecule has 0 aliphatic carbocycles. The van der Waals surface area contributed by atoms with Crippen LogP contribution in [-0.2, 0) is 11.2 Å². The standard InChI is InChI=1S/C16H20ClN5O/c17-13-4-1-3-12(9-13)6-7-18-16-21-15(11-20-22-16)19-10-14-5-2-8-23-14/h1,3-4,9,11,14H,2,5-8,10H2,(H2,18,19,21,22). The van der Waals surface area contributed by atoms with Crippen LogP contribution in [0.25, 0.3) is 0 Å². The van der Waals surface area contributed by atoms with E-state index in [1.807, 2.05) is 24.3 Å². The largest absolute Gasteiger partial charge is 0.376 e. The molecule has 1 saturated heterocycles. The van der Waals surface area contributed by atoms with Crippen LogP contribution in [-0.4, -0.2) is 41.0 Å². The minimum atomic E-state index is 0.268. The first-order chi connectivity index (χ1) is 11.3. The first-order valence-electron chi connectivity index (χ1n) is 7.83. The van der Waals surface area contributed by atoms with Gasteiger partial charge >= 0.3 is 0 Å². The van der Waals surface area contributed by atoms with Gasteiger partial charge in [0.1, 0.15) is 0 Å². The van der Waals surface area contributed by atoms with Crippen LogP contribution in [0.4, 0.5) is 11.8 Å². The van der Waals surface area contributed by atoms with Crippen LogP contribution in [0.15, 0.2) is 30.5 Å². The van der Waals surface area contributed by atoms with E-state index in [-0.39, 0.29) is 6.10 Å². The van der Waals surface area contributed by atoms with Crippen LogP contribution in [0.5, 0.6) is 0 Å². The molecule has 3 rings (SSSR count). The van der Waals surface area contributed by atoms with E-state index in [0.717, 1.165) is 44.0 Å². The van der Waals surface area contributed by atoms with Gasteiger partial charge in [-0.25, -0.2) is 0 Å². The van der Waals surface area contributed by atoms with Gasteiger partial charge in [-0.15, -0.1) is 5.10 Å². The number of anilines is 2. The van der Waals surface area contributed by atoms with Crippen molar-refractivity contribution in [1.82, 2.24) is 15.2 Å². The molecule has 2 N–H and O–H groups in total. The van der Waals surface area contributed by atoms with Gasteiger partial charge in [0.05, 0.1) is 12.3 Å². The fourth-order valence-electron chi connectivity index (χ4n) is 2.50. The minimum absolute atomic E-state index is 0.268. The number of halogens is 1. The van der Waals surface area contributed by atoms with Crippen molar-refractivity contribution in [3.05, 3.63) is 41.0 Å². The van der Waals surface area contributed by atoms with E-state index in [1.165, 1.54) is 5.56 Å². The monoisotopic (exact) mass is 333 g/mol. The Morgan fingerprint density at radius 2 is 2.26 bits per heavy atom. The van der Waals surface area contributed by atoms with Gasteiger partial charge in [-0.2, -0.15) is 10.1 Å². The highest BCUT2D eigenvalue weighted by molar-refractivity contribution is 6.30. The van der Waals surface area contributed by atoms with Gasteiger partial charge < -0.3 is 15.4 Å². The summed E-state index contributed by atoms with van der Waals surface area (Å²) in [6, 6.07) is 7.83. The van der Waals surface area contributed by atoms with Gasteiger partial charge in [-0.1, -0.05) is 23.7 Å². The van der Waals surface area contributed by atoms with Crippen molar-refractivity contribution < 1.29 is 4.74 Å². The van der Waals surface area contributed by atoms with Gasteiger partial charge in [0.2, 0.25) is 5.95 Å². The average molecular weight is 334 g/mol. The summed E-state index contributed by atoms with van der Waals surface area (Å²) in [5, 5.41) is 15.1. The lowest BCUT2D eigenvalue weighted by Crippen LogP contribution is -2.19. The third-order valence-electron chi connectivity index (χ3n) is 3.68. The van der Waals surface area contributed by atoms with Crippen molar-refractivity contribution in [2.75, 3.05) is 30.3 Å². The maximum absolute atomic E-state index is 5.98. The molecule has 1 aromatic heterocycles. The summed E-state index contributed by atoms with van der Waals surface area (Å²) in [4.78, 5) is 4.40. The quantitative estimate of drug-likeness (QED) is 0.811. The van der Waals surface area contributed by atoms with Crippen LogP contribution in [0.1, 0.15) is 18.4 Å². The lowest BCUT2D eigenvalue weighted by atomic mass is 10.1. The molecular weight excluding hydrogens is 314 g/mol. The number of aromatic nitrogens is 3. The van der Waals surface area contributed by atoms with Gasteiger partial charge in [-0.3, -0.25) is 0 Å². The van der Waals surface area contributed by atoms with Crippen LogP contribution >= 0.6 is 11.6 Å². The lowest BCUT2D eigenvalue weighted by Gasteiger charge is -2.11. The summed E-state index contributed by atoms with van der Waals surface area (Å²) in [5.41, 5.74) is 1.17. The molecule has 1 aliphatic rings. The summed E-state index contributed by atoms with van der Waals surface area (Å²) in [6.07, 6.45) is 4.96. The van der Waals surface area contributed by atoms with Crippen molar-refractivity contribution in [1.29, 1.82) is 0 Å². The molecule has 1 atom stereocenters. The topological polar surface area (TPSA) is 72.0 Å². The SMILES string of the molecule is Clc1cccc(CCNc2nncc(NCC3CCCO3)n2)c1. The third-order valence-corrected chi connectivity index (χ3v) is 3.91. The number of hydrogen-bond acceptors (Lipinski definition) is 6. The summed E-state index contributed by atoms with van der Waals surface area (Å²) >= 11 is 5.98. The second kappa shape index (κ2) is 8.08. The highest BCUT2D eigenvalue weighted by Gasteiger charge is 2.15. The molecular formula is C16H20ClN5O. The normalized spacial score (nSPS) is 17.2. The van der Waals surface area contributed by atoms with Gasteiger partial charge in [0.15, 0.2) is 5.82 Å². The molecule has 1 unspecified atom stereocenters. The van der Waals surface area contributed by atoms with E-state index in [1.54, 1.807) is 6.20 Å². The predicted molar refractivity (Wildman–Crippen MR) is 90.9 cm³/mol. The Balaban J connectivity index is 1.47. The first-order valence-corrected chi connectivity index (χ1v) is 8.21. The maximum atomic E-state index is 5.98. The van der Waals surface area contributed by atoms with E-state index in [9.17, 15) is 0 Å². The van der Waals surface area contributed by atoms with Gasteiger partial charge in [0, 0.05) is 24.7 Å². The molecule has 1 aliphatic heterocycles. The number of hydrogen-bond donors (Lipinski definition) is 2. The zero-order valence-corrected chi connectivity index (χ0v) is 13.6. The Kier molecular flexibility index (Phi) is 5.60. The van der Waals surface area contributed by atoms with Crippen molar-refractivity contribution in [2.24, 2.45) is 0 Å². The average Bonchev–Trinajstić information content (AvgIpc) is 3.07. The molecule has 23 heavy (non-hydrogen) atoms. The van der Waals surface area contributed by atoms with Crippen molar-refractivity contribution in [2.45, 2.75) is 25.4 Å².